The molecule has 0 aliphatic rings. The molecule has 19 heavy (non-hydrogen) atoms. The third-order valence-corrected chi connectivity index (χ3v) is 2.72. The van der Waals surface area contributed by atoms with Crippen LogP contribution < -0.4 is 4.74 Å². The molecule has 0 aliphatic carbocycles. The summed E-state index contributed by atoms with van der Waals surface area (Å²) in [6, 6.07) is 4.23. The number of rotatable bonds is 5. The predicted octanol–water partition coefficient (Wildman–Crippen LogP) is 2.77. The second-order valence-corrected chi connectivity index (χ2v) is 4.60. The maximum absolute atomic E-state index is 13.1. The number of hydrogen-bond acceptors (Lipinski definition) is 4. The molecule has 8 heteroatoms. The number of nitrogens with zero attached hydrogens (tertiary/aromatic N) is 3. The van der Waals surface area contributed by atoms with Crippen molar-refractivity contribution in [2.75, 3.05) is 6.61 Å². The van der Waals surface area contributed by atoms with Gasteiger partial charge in [-0.15, -0.1) is 0 Å². The van der Waals surface area contributed by atoms with E-state index in [-0.39, 0.29) is 12.4 Å². The van der Waals surface area contributed by atoms with Crippen molar-refractivity contribution in [3.63, 3.8) is 0 Å². The highest BCUT2D eigenvalue weighted by atomic mass is 79.9. The molecule has 0 aliphatic heterocycles. The summed E-state index contributed by atoms with van der Waals surface area (Å²) in [4.78, 5) is 13.5. The summed E-state index contributed by atoms with van der Waals surface area (Å²) in [6.07, 6.45) is 2.66. The van der Waals surface area contributed by atoms with E-state index in [1.54, 1.807) is 6.07 Å². The van der Waals surface area contributed by atoms with Gasteiger partial charge in [0.2, 0.25) is 6.33 Å². The molecule has 0 radical (unpaired) electrons. The molecule has 0 N–H and O–H groups in total. The SMILES string of the molecule is O=[N+]([O-])c1cn(CCOc2cc(F)cc(Br)c2)cn1. The zero-order valence-corrected chi connectivity index (χ0v) is 11.2. The normalized spacial score (nSPS) is 10.4. The number of aromatic nitrogens is 2. The molecule has 2 rings (SSSR count). The van der Waals surface area contributed by atoms with Crippen LogP contribution in [0.4, 0.5) is 10.2 Å². The van der Waals surface area contributed by atoms with Crippen LogP contribution in [0, 0.1) is 15.9 Å². The molecule has 2 aromatic rings. The fraction of sp³-hybridized carbons (Fsp3) is 0.182. The van der Waals surface area contributed by atoms with Gasteiger partial charge in [-0.1, -0.05) is 15.9 Å². The van der Waals surface area contributed by atoms with E-state index >= 15 is 0 Å². The van der Waals surface area contributed by atoms with Crippen molar-refractivity contribution in [3.8, 4) is 5.75 Å². The zero-order valence-electron chi connectivity index (χ0n) is 9.62. The Morgan fingerprint density at radius 1 is 1.47 bits per heavy atom. The van der Waals surface area contributed by atoms with Crippen molar-refractivity contribution >= 4 is 21.7 Å². The average molecular weight is 330 g/mol. The highest BCUT2D eigenvalue weighted by molar-refractivity contribution is 9.10. The number of halogens is 2. The highest BCUT2D eigenvalue weighted by Gasteiger charge is 2.09. The maximum Gasteiger partial charge on any atom is 0.381 e. The van der Waals surface area contributed by atoms with Crippen molar-refractivity contribution in [3.05, 3.63) is 51.1 Å². The first-order valence-corrected chi connectivity index (χ1v) is 6.09. The zero-order chi connectivity index (χ0) is 13.8. The second kappa shape index (κ2) is 5.79. The lowest BCUT2D eigenvalue weighted by Gasteiger charge is -2.06. The van der Waals surface area contributed by atoms with Crippen LogP contribution in [0.2, 0.25) is 0 Å². The minimum absolute atomic E-state index is 0.214. The fourth-order valence-corrected chi connectivity index (χ4v) is 1.89. The molecule has 0 saturated carbocycles. The first-order valence-electron chi connectivity index (χ1n) is 5.29. The topological polar surface area (TPSA) is 70.2 Å². The van der Waals surface area contributed by atoms with E-state index < -0.39 is 10.7 Å². The van der Waals surface area contributed by atoms with Gasteiger partial charge in [0.1, 0.15) is 24.4 Å². The van der Waals surface area contributed by atoms with Crippen LogP contribution in [-0.4, -0.2) is 21.1 Å². The van der Waals surface area contributed by atoms with E-state index in [0.29, 0.717) is 16.8 Å². The van der Waals surface area contributed by atoms with Crippen molar-refractivity contribution in [1.29, 1.82) is 0 Å². The van der Waals surface area contributed by atoms with E-state index in [2.05, 4.69) is 20.9 Å². The number of ether oxygens (including phenoxy) is 1. The molecule has 1 aromatic heterocycles. The van der Waals surface area contributed by atoms with Crippen molar-refractivity contribution in [2.45, 2.75) is 6.54 Å². The summed E-state index contributed by atoms with van der Waals surface area (Å²) in [5.41, 5.74) is 0. The Kier molecular flexibility index (Phi) is 4.10. The molecule has 100 valence electrons. The quantitative estimate of drug-likeness (QED) is 0.624. The van der Waals surface area contributed by atoms with Crippen molar-refractivity contribution in [2.24, 2.45) is 0 Å². The number of imidazole rings is 1. The summed E-state index contributed by atoms with van der Waals surface area (Å²) in [5, 5.41) is 10.4. The monoisotopic (exact) mass is 329 g/mol. The minimum atomic E-state index is -0.568. The standard InChI is InChI=1S/C11H9BrFN3O3/c12-8-3-9(13)5-10(4-8)19-2-1-15-6-11(14-7-15)16(17)18/h3-7H,1-2H2. The molecular formula is C11H9BrFN3O3. The molecule has 1 aromatic carbocycles. The summed E-state index contributed by atoms with van der Waals surface area (Å²) < 4.78 is 20.5. The Morgan fingerprint density at radius 3 is 2.89 bits per heavy atom. The van der Waals surface area contributed by atoms with Gasteiger partial charge >= 0.3 is 5.82 Å². The number of hydrogen-bond donors (Lipinski definition) is 0. The van der Waals surface area contributed by atoms with Gasteiger partial charge in [0.25, 0.3) is 0 Å². The lowest BCUT2D eigenvalue weighted by molar-refractivity contribution is -0.389. The van der Waals surface area contributed by atoms with Gasteiger partial charge in [0.15, 0.2) is 0 Å². The van der Waals surface area contributed by atoms with Crippen molar-refractivity contribution < 1.29 is 14.1 Å². The largest absolute Gasteiger partial charge is 0.492 e. The third kappa shape index (κ3) is 3.75. The molecule has 0 saturated heterocycles. The lowest BCUT2D eigenvalue weighted by atomic mass is 10.3. The molecule has 6 nitrogen and oxygen atoms in total. The molecule has 0 spiro atoms. The number of benzene rings is 1. The van der Waals surface area contributed by atoms with Crippen LogP contribution in [0.1, 0.15) is 0 Å². The van der Waals surface area contributed by atoms with Crippen LogP contribution in [0.3, 0.4) is 0 Å². The van der Waals surface area contributed by atoms with Crippen LogP contribution >= 0.6 is 15.9 Å². The second-order valence-electron chi connectivity index (χ2n) is 3.68. The third-order valence-electron chi connectivity index (χ3n) is 2.26. The van der Waals surface area contributed by atoms with Gasteiger partial charge in [0, 0.05) is 10.5 Å². The van der Waals surface area contributed by atoms with E-state index in [1.165, 1.54) is 29.2 Å². The predicted molar refractivity (Wildman–Crippen MR) is 68.5 cm³/mol. The van der Waals surface area contributed by atoms with Gasteiger partial charge < -0.3 is 19.4 Å². The number of nitro groups is 1. The Morgan fingerprint density at radius 2 is 2.26 bits per heavy atom. The maximum atomic E-state index is 13.1. The van der Waals surface area contributed by atoms with Crippen molar-refractivity contribution in [1.82, 2.24) is 9.55 Å². The summed E-state index contributed by atoms with van der Waals surface area (Å²) >= 11 is 3.16. The average Bonchev–Trinajstić information content (AvgIpc) is 2.76. The molecule has 0 atom stereocenters. The molecular weight excluding hydrogens is 321 g/mol. The summed E-state index contributed by atoms with van der Waals surface area (Å²) in [5.74, 6) is -0.224. The summed E-state index contributed by atoms with van der Waals surface area (Å²) in [6.45, 7) is 0.637. The highest BCUT2D eigenvalue weighted by Crippen LogP contribution is 2.20. The Balaban J connectivity index is 1.90. The fourth-order valence-electron chi connectivity index (χ4n) is 1.45. The van der Waals surface area contributed by atoms with E-state index in [4.69, 9.17) is 4.74 Å². The summed E-state index contributed by atoms with van der Waals surface area (Å²) in [7, 11) is 0. The molecule has 1 heterocycles. The lowest BCUT2D eigenvalue weighted by Crippen LogP contribution is -2.06. The molecule has 0 unspecified atom stereocenters. The van der Waals surface area contributed by atoms with Gasteiger partial charge in [-0.05, 0) is 22.0 Å². The van der Waals surface area contributed by atoms with E-state index in [9.17, 15) is 14.5 Å². The minimum Gasteiger partial charge on any atom is -0.492 e. The first kappa shape index (κ1) is 13.5. The van der Waals surface area contributed by atoms with Crippen LogP contribution in [0.15, 0.2) is 35.2 Å². The molecule has 0 fully saturated rings. The Bertz CT molecular complexity index is 582. The molecule has 0 bridgehead atoms. The Labute approximate surface area is 116 Å². The van der Waals surface area contributed by atoms with Gasteiger partial charge in [-0.3, -0.25) is 0 Å². The molecule has 0 amide bonds. The van der Waals surface area contributed by atoms with Gasteiger partial charge in [-0.2, -0.15) is 0 Å². The van der Waals surface area contributed by atoms with Crippen LogP contribution in [0.25, 0.3) is 0 Å². The van der Waals surface area contributed by atoms with E-state index in [1.807, 2.05) is 0 Å². The Hall–Kier alpha value is -1.96. The van der Waals surface area contributed by atoms with Crippen LogP contribution in [0.5, 0.6) is 5.75 Å². The smallest absolute Gasteiger partial charge is 0.381 e. The van der Waals surface area contributed by atoms with Crippen LogP contribution in [-0.2, 0) is 6.54 Å². The first-order chi connectivity index (χ1) is 9.04. The van der Waals surface area contributed by atoms with Gasteiger partial charge in [-0.25, -0.2) is 4.39 Å². The van der Waals surface area contributed by atoms with E-state index in [0.717, 1.165) is 0 Å². The van der Waals surface area contributed by atoms with Gasteiger partial charge in [0.05, 0.1) is 6.54 Å².